The summed E-state index contributed by atoms with van der Waals surface area (Å²) in [7, 11) is -4.11. The highest BCUT2D eigenvalue weighted by Crippen LogP contribution is 2.34. The van der Waals surface area contributed by atoms with Crippen molar-refractivity contribution in [3.8, 4) is 11.4 Å². The van der Waals surface area contributed by atoms with Gasteiger partial charge >= 0.3 is 11.7 Å². The summed E-state index contributed by atoms with van der Waals surface area (Å²) in [6.07, 6.45) is -4.05. The van der Waals surface area contributed by atoms with E-state index < -0.39 is 37.9 Å². The predicted molar refractivity (Wildman–Crippen MR) is 81.1 cm³/mol. The lowest BCUT2D eigenvalue weighted by Gasteiger charge is -2.13. The Labute approximate surface area is 140 Å². The van der Waals surface area contributed by atoms with Gasteiger partial charge in [-0.2, -0.15) is 13.2 Å². The third-order valence-electron chi connectivity index (χ3n) is 3.36. The van der Waals surface area contributed by atoms with Gasteiger partial charge in [0.2, 0.25) is 5.82 Å². The zero-order chi connectivity index (χ0) is 19.2. The largest absolute Gasteiger partial charge is 0.423 e. The maximum absolute atomic E-state index is 12.8. The van der Waals surface area contributed by atoms with Crippen molar-refractivity contribution in [3.05, 3.63) is 39.8 Å². The van der Waals surface area contributed by atoms with E-state index in [4.69, 9.17) is 0 Å². The van der Waals surface area contributed by atoms with Gasteiger partial charge in [-0.1, -0.05) is 13.8 Å². The van der Waals surface area contributed by atoms with E-state index in [2.05, 4.69) is 10.2 Å². The second-order valence-electron chi connectivity index (χ2n) is 5.66. The maximum Gasteiger partial charge on any atom is 0.416 e. The lowest BCUT2D eigenvalue weighted by Crippen LogP contribution is -2.27. The smallest absolute Gasteiger partial charge is 0.416 e. The number of alkyl halides is 3. The van der Waals surface area contributed by atoms with Crippen LogP contribution >= 0.6 is 0 Å². The van der Waals surface area contributed by atoms with E-state index in [1.54, 1.807) is 13.8 Å². The topological polar surface area (TPSA) is 102 Å². The van der Waals surface area contributed by atoms with Gasteiger partial charge in [-0.05, 0) is 18.2 Å². The fourth-order valence-corrected chi connectivity index (χ4v) is 3.01. The summed E-state index contributed by atoms with van der Waals surface area (Å²) in [5.41, 5.74) is -2.55. The molecule has 0 aliphatic rings. The number of hydrogen-bond donors (Lipinski definition) is 1. The van der Waals surface area contributed by atoms with Crippen LogP contribution in [0.3, 0.4) is 0 Å². The van der Waals surface area contributed by atoms with Crippen LogP contribution in [0.25, 0.3) is 11.4 Å². The molecule has 136 valence electrons. The molecule has 1 N–H and O–H groups in total. The molecule has 0 unspecified atom stereocenters. The minimum Gasteiger partial charge on any atom is -0.423 e. The van der Waals surface area contributed by atoms with Crippen molar-refractivity contribution in [1.29, 1.82) is 0 Å². The summed E-state index contributed by atoms with van der Waals surface area (Å²) >= 11 is 0. The average molecular weight is 377 g/mol. The van der Waals surface area contributed by atoms with E-state index in [0.717, 1.165) is 6.07 Å². The first-order valence-electron chi connectivity index (χ1n) is 6.94. The van der Waals surface area contributed by atoms with Gasteiger partial charge in [0, 0.05) is 17.7 Å². The molecular weight excluding hydrogens is 363 g/mol. The molecule has 0 spiro atoms. The quantitative estimate of drug-likeness (QED) is 0.822. The van der Waals surface area contributed by atoms with E-state index in [1.807, 2.05) is 0 Å². The first-order chi connectivity index (χ1) is 11.3. The Morgan fingerprint density at radius 1 is 1.20 bits per heavy atom. The van der Waals surface area contributed by atoms with Crippen molar-refractivity contribution < 1.29 is 26.8 Å². The van der Waals surface area contributed by atoms with E-state index in [9.17, 15) is 31.6 Å². The number of sulfone groups is 1. The molecule has 11 heteroatoms. The Kier molecular flexibility index (Phi) is 4.64. The number of hydrogen-bond acceptors (Lipinski definition) is 6. The van der Waals surface area contributed by atoms with Gasteiger partial charge in [-0.15, -0.1) is 14.9 Å². The number of aromatic nitrogens is 3. The SMILES string of the molecule is CC(C)c1nnc(-c2ccc(C(F)(F)F)cc2S(C)(=O)=O)n(O)c1=O. The van der Waals surface area contributed by atoms with Gasteiger partial charge in [-0.3, -0.25) is 4.79 Å². The Morgan fingerprint density at radius 3 is 2.28 bits per heavy atom. The van der Waals surface area contributed by atoms with E-state index in [0.29, 0.717) is 18.4 Å². The Hall–Kier alpha value is -2.43. The summed E-state index contributed by atoms with van der Waals surface area (Å²) in [5, 5.41) is 17.2. The monoisotopic (exact) mass is 377 g/mol. The molecule has 0 amide bonds. The lowest BCUT2D eigenvalue weighted by atomic mass is 10.1. The van der Waals surface area contributed by atoms with Crippen LogP contribution < -0.4 is 5.56 Å². The molecule has 2 rings (SSSR count). The zero-order valence-electron chi connectivity index (χ0n) is 13.4. The number of halogens is 3. The van der Waals surface area contributed by atoms with Crippen LogP contribution in [0.15, 0.2) is 27.9 Å². The molecular formula is C14H14F3N3O4S. The minimum absolute atomic E-state index is 0.0703. The molecule has 0 bridgehead atoms. The Balaban J connectivity index is 2.81. The summed E-state index contributed by atoms with van der Waals surface area (Å²) < 4.78 is 62.4. The molecule has 0 radical (unpaired) electrons. The summed E-state index contributed by atoms with van der Waals surface area (Å²) in [4.78, 5) is 11.3. The van der Waals surface area contributed by atoms with Gasteiger partial charge in [0.1, 0.15) is 5.69 Å². The summed E-state index contributed by atoms with van der Waals surface area (Å²) in [6, 6.07) is 1.88. The molecule has 0 saturated heterocycles. The first kappa shape index (κ1) is 18.9. The lowest BCUT2D eigenvalue weighted by molar-refractivity contribution is -0.137. The molecule has 1 heterocycles. The molecule has 0 aliphatic carbocycles. The Morgan fingerprint density at radius 2 is 1.80 bits per heavy atom. The number of rotatable bonds is 3. The fourth-order valence-electron chi connectivity index (χ4n) is 2.11. The van der Waals surface area contributed by atoms with Crippen molar-refractivity contribution in [2.75, 3.05) is 6.26 Å². The van der Waals surface area contributed by atoms with E-state index >= 15 is 0 Å². The van der Waals surface area contributed by atoms with E-state index in [-0.39, 0.29) is 21.9 Å². The summed E-state index contributed by atoms with van der Waals surface area (Å²) in [6.45, 7) is 3.26. The van der Waals surface area contributed by atoms with Crippen LogP contribution in [-0.2, 0) is 16.0 Å². The maximum atomic E-state index is 12.8. The normalized spacial score (nSPS) is 12.6. The molecule has 0 fully saturated rings. The third kappa shape index (κ3) is 3.65. The molecule has 0 saturated carbocycles. The highest BCUT2D eigenvalue weighted by Gasteiger charge is 2.33. The van der Waals surface area contributed by atoms with Crippen molar-refractivity contribution in [1.82, 2.24) is 14.9 Å². The number of nitrogens with zero attached hydrogens (tertiary/aromatic N) is 3. The molecule has 0 atom stereocenters. The van der Waals surface area contributed by atoms with Gasteiger partial charge in [0.25, 0.3) is 0 Å². The fraction of sp³-hybridized carbons (Fsp3) is 0.357. The second kappa shape index (κ2) is 6.14. The molecule has 0 aliphatic heterocycles. The van der Waals surface area contributed by atoms with E-state index in [1.165, 1.54) is 0 Å². The van der Waals surface area contributed by atoms with Crippen LogP contribution in [0.4, 0.5) is 13.2 Å². The van der Waals surface area contributed by atoms with Crippen LogP contribution in [-0.4, -0.2) is 34.8 Å². The highest BCUT2D eigenvalue weighted by atomic mass is 32.2. The third-order valence-corrected chi connectivity index (χ3v) is 4.50. The van der Waals surface area contributed by atoms with Crippen LogP contribution in [0.1, 0.15) is 31.0 Å². The van der Waals surface area contributed by atoms with Gasteiger partial charge in [-0.25, -0.2) is 8.42 Å². The molecule has 25 heavy (non-hydrogen) atoms. The molecule has 2 aromatic rings. The Bertz CT molecular complexity index is 982. The number of benzene rings is 1. The van der Waals surface area contributed by atoms with Gasteiger partial charge in [0.05, 0.1) is 10.5 Å². The zero-order valence-corrected chi connectivity index (χ0v) is 14.2. The molecule has 1 aromatic heterocycles. The van der Waals surface area contributed by atoms with Crippen molar-refractivity contribution in [2.24, 2.45) is 0 Å². The minimum atomic E-state index is -4.76. The van der Waals surface area contributed by atoms with Crippen LogP contribution in [0.2, 0.25) is 0 Å². The standard InChI is InChI=1S/C14H14F3N3O4S/c1-7(2)11-13(21)20(22)12(19-18-11)9-5-4-8(14(15,16)17)6-10(9)25(3,23)24/h4-7,22H,1-3H3. The average Bonchev–Trinajstić information content (AvgIpc) is 2.47. The van der Waals surface area contributed by atoms with Crippen LogP contribution in [0.5, 0.6) is 0 Å². The van der Waals surface area contributed by atoms with Gasteiger partial charge in [0.15, 0.2) is 9.84 Å². The first-order valence-corrected chi connectivity index (χ1v) is 8.83. The van der Waals surface area contributed by atoms with Crippen LogP contribution in [0, 0.1) is 0 Å². The molecule has 1 aromatic carbocycles. The van der Waals surface area contributed by atoms with Crippen molar-refractivity contribution >= 4 is 9.84 Å². The molecule has 7 nitrogen and oxygen atoms in total. The van der Waals surface area contributed by atoms with Gasteiger partial charge < -0.3 is 5.21 Å². The predicted octanol–water partition coefficient (Wildman–Crippen LogP) is 2.09. The second-order valence-corrected chi connectivity index (χ2v) is 7.65. The van der Waals surface area contributed by atoms with Crippen molar-refractivity contribution in [3.63, 3.8) is 0 Å². The van der Waals surface area contributed by atoms with Crippen molar-refractivity contribution in [2.45, 2.75) is 30.8 Å². The summed E-state index contributed by atoms with van der Waals surface area (Å²) in [5.74, 6) is -0.932. The highest BCUT2D eigenvalue weighted by molar-refractivity contribution is 7.90.